The molecular weight excluding hydrogens is 1160 g/mol. The van der Waals surface area contributed by atoms with Crippen molar-refractivity contribution in [2.45, 2.75) is 170 Å². The first-order valence-electron chi connectivity index (χ1n) is 31.3. The molecule has 8 nitrogen and oxygen atoms in total. The van der Waals surface area contributed by atoms with Gasteiger partial charge >= 0.3 is 12.3 Å². The molecule has 0 spiro atoms. The van der Waals surface area contributed by atoms with Gasteiger partial charge in [-0.05, 0) is 112 Å². The van der Waals surface area contributed by atoms with Crippen LogP contribution in [0.3, 0.4) is 0 Å². The molecule has 85 heavy (non-hydrogen) atoms. The Hall–Kier alpha value is -5.58. The van der Waals surface area contributed by atoms with Crippen LogP contribution in [-0.2, 0) is 31.8 Å². The lowest BCUT2D eigenvalue weighted by atomic mass is 9.86. The Morgan fingerprint density at radius 1 is 0.529 bits per heavy atom. The van der Waals surface area contributed by atoms with Crippen LogP contribution in [0.1, 0.15) is 152 Å². The van der Waals surface area contributed by atoms with Crippen molar-refractivity contribution in [3.8, 4) is 40.4 Å². The van der Waals surface area contributed by atoms with E-state index in [9.17, 15) is 9.59 Å². The molecule has 1 aliphatic rings. The predicted octanol–water partition coefficient (Wildman–Crippen LogP) is 21.0. The molecule has 0 bridgehead atoms. The molecule has 1 aliphatic heterocycles. The Morgan fingerprint density at radius 2 is 1.01 bits per heavy atom. The van der Waals surface area contributed by atoms with E-state index >= 15 is 8.78 Å². The predicted molar refractivity (Wildman–Crippen MR) is 357 cm³/mol. The van der Waals surface area contributed by atoms with E-state index in [2.05, 4.69) is 100 Å². The summed E-state index contributed by atoms with van der Waals surface area (Å²) < 4.78 is 54.2. The van der Waals surface area contributed by atoms with Crippen LogP contribution in [-0.4, -0.2) is 57.3 Å². The van der Waals surface area contributed by atoms with Crippen LogP contribution in [0.15, 0.2) is 72.8 Å². The second kappa shape index (κ2) is 28.5. The standard InChI is InChI=1S/C70H82F2N2O6S4Si/c1-9-14-17-18-19-20-25-34-78-70(76)80-35-32-47-38-53(82-44(47)7)60-58-51-30-23-21-28-49(51)50-29-22-24-31-52(50)59(58)61(63-62(60)73-67(71)68(72)74-63)54-39-48(33-36-79-69(75)77-8)64(83-54)55-40-57-66(84-55)65-56(37-43(6)81-65)85(57,41-45(12-4)26-15-10-2)42-46(13-5)27-16-11-3/h21-24,28-31,37-40,45-46H,9-20,25-27,32-36,41-42H2,1-8H3. The van der Waals surface area contributed by atoms with Crippen LogP contribution >= 0.6 is 45.3 Å². The smallest absolute Gasteiger partial charge is 0.438 e. The Bertz CT molecular complexity index is 3810. The summed E-state index contributed by atoms with van der Waals surface area (Å²) in [6.07, 6.45) is 16.9. The molecule has 0 saturated carbocycles. The molecule has 0 aliphatic carbocycles. The summed E-state index contributed by atoms with van der Waals surface area (Å²) in [5.74, 6) is -1.29. The summed E-state index contributed by atoms with van der Waals surface area (Å²) >= 11 is 7.04. The average Bonchev–Trinajstić information content (AvgIpc) is 1.74. The highest BCUT2D eigenvalue weighted by atomic mass is 32.1. The maximum Gasteiger partial charge on any atom is 0.508 e. The van der Waals surface area contributed by atoms with Gasteiger partial charge in [-0.1, -0.05) is 173 Å². The Labute approximate surface area is 517 Å². The van der Waals surface area contributed by atoms with Gasteiger partial charge in [-0.25, -0.2) is 19.6 Å². The number of carbonyl (C=O) groups excluding carboxylic acids is 2. The summed E-state index contributed by atoms with van der Waals surface area (Å²) in [4.78, 5) is 43.6. The SMILES string of the molecule is CCCCCCCCCOC(=O)OCCc1cc(-c2c3nc(F)c(F)nc3c(-c3cc(CCOC(=O)OC)c(-c4cc5c(s4)-c4sc(C)cc4[Si]5(CC(CC)CCCC)CC(CC)CCCC)s3)c3c4ccccc4c4ccccc4c23)sc1C. The summed E-state index contributed by atoms with van der Waals surface area (Å²) in [6, 6.07) is 28.5. The number of ether oxygens (including phenoxy) is 4. The van der Waals surface area contributed by atoms with Gasteiger partial charge in [0.25, 0.3) is 11.9 Å². The zero-order valence-electron chi connectivity index (χ0n) is 50.9. The zero-order valence-corrected chi connectivity index (χ0v) is 55.1. The van der Waals surface area contributed by atoms with Gasteiger partial charge < -0.3 is 18.9 Å². The maximum absolute atomic E-state index is 16.3. The second-order valence-electron chi connectivity index (χ2n) is 23.4. The van der Waals surface area contributed by atoms with Gasteiger partial charge in [0, 0.05) is 73.8 Å². The molecule has 0 amide bonds. The average molecular weight is 1240 g/mol. The number of rotatable bonds is 29. The largest absolute Gasteiger partial charge is 0.508 e. The number of aryl methyl sites for hydroxylation is 2. The van der Waals surface area contributed by atoms with E-state index in [0.29, 0.717) is 42.4 Å². The molecule has 4 aromatic carbocycles. The Kier molecular flexibility index (Phi) is 20.9. The first-order valence-corrected chi connectivity index (χ1v) is 36.9. The van der Waals surface area contributed by atoms with Crippen molar-refractivity contribution in [1.29, 1.82) is 0 Å². The molecule has 2 atom stereocenters. The Balaban J connectivity index is 1.14. The molecule has 6 heterocycles. The molecule has 450 valence electrons. The van der Waals surface area contributed by atoms with E-state index in [1.807, 2.05) is 53.9 Å². The molecule has 5 aromatic heterocycles. The quantitative estimate of drug-likeness (QED) is 0.0150. The summed E-state index contributed by atoms with van der Waals surface area (Å²) in [5, 5.41) is 8.84. The lowest BCUT2D eigenvalue weighted by molar-refractivity contribution is 0.0548. The van der Waals surface area contributed by atoms with Crippen LogP contribution in [0, 0.1) is 37.6 Å². The number of carbonyl (C=O) groups is 2. The van der Waals surface area contributed by atoms with E-state index < -0.39 is 32.3 Å². The van der Waals surface area contributed by atoms with Crippen molar-refractivity contribution < 1.29 is 37.3 Å². The maximum atomic E-state index is 16.3. The molecule has 0 fully saturated rings. The van der Waals surface area contributed by atoms with E-state index in [0.717, 1.165) is 82.2 Å². The van der Waals surface area contributed by atoms with Crippen LogP contribution < -0.4 is 10.4 Å². The molecule has 9 aromatic rings. The molecule has 15 heteroatoms. The number of methoxy groups -OCH3 is 1. The third-order valence-corrected chi connectivity index (χ3v) is 28.4. The number of thiophene rings is 4. The number of hydrogen-bond donors (Lipinski definition) is 0. The van der Waals surface area contributed by atoms with Crippen LogP contribution in [0.4, 0.5) is 18.4 Å². The molecule has 0 saturated heterocycles. The molecule has 0 radical (unpaired) electrons. The number of fused-ring (bicyclic) bond motifs is 10. The van der Waals surface area contributed by atoms with Gasteiger partial charge in [0.1, 0.15) is 19.1 Å². The highest BCUT2D eigenvalue weighted by molar-refractivity contribution is 7.32. The lowest BCUT2D eigenvalue weighted by Crippen LogP contribution is -2.56. The fourth-order valence-corrected chi connectivity index (χ4v) is 26.2. The topological polar surface area (TPSA) is 96.8 Å². The highest BCUT2D eigenvalue weighted by Gasteiger charge is 2.50. The van der Waals surface area contributed by atoms with Gasteiger partial charge in [-0.2, -0.15) is 8.78 Å². The van der Waals surface area contributed by atoms with Crippen molar-refractivity contribution in [3.05, 3.63) is 106 Å². The molecule has 0 N–H and O–H groups in total. The van der Waals surface area contributed by atoms with Gasteiger partial charge in [-0.15, -0.1) is 45.3 Å². The van der Waals surface area contributed by atoms with Crippen molar-refractivity contribution in [2.24, 2.45) is 11.8 Å². The second-order valence-corrected chi connectivity index (χ2v) is 32.1. The highest BCUT2D eigenvalue weighted by Crippen LogP contribution is 2.54. The number of unbranched alkanes of at least 4 members (excludes halogenated alkanes) is 8. The number of aromatic nitrogens is 2. The summed E-state index contributed by atoms with van der Waals surface area (Å²) in [5.41, 5.74) is 3.77. The minimum atomic E-state index is -2.34. The van der Waals surface area contributed by atoms with Crippen molar-refractivity contribution in [1.82, 2.24) is 9.97 Å². The van der Waals surface area contributed by atoms with E-state index in [-0.39, 0.29) is 24.2 Å². The number of halogens is 2. The van der Waals surface area contributed by atoms with Gasteiger partial charge in [0.05, 0.1) is 26.9 Å². The number of hydrogen-bond acceptors (Lipinski definition) is 12. The van der Waals surface area contributed by atoms with Crippen LogP contribution in [0.25, 0.3) is 83.7 Å². The van der Waals surface area contributed by atoms with E-state index in [4.69, 9.17) is 18.9 Å². The first kappa shape index (κ1) is 62.5. The summed E-state index contributed by atoms with van der Waals surface area (Å²) in [6.45, 7) is 16.5. The lowest BCUT2D eigenvalue weighted by Gasteiger charge is -2.35. The third kappa shape index (κ3) is 13.2. The van der Waals surface area contributed by atoms with Crippen molar-refractivity contribution in [2.75, 3.05) is 26.9 Å². The Morgan fingerprint density at radius 3 is 1.59 bits per heavy atom. The van der Waals surface area contributed by atoms with Crippen molar-refractivity contribution in [3.63, 3.8) is 0 Å². The zero-order chi connectivity index (χ0) is 59.8. The van der Waals surface area contributed by atoms with Crippen LogP contribution in [0.5, 0.6) is 0 Å². The van der Waals surface area contributed by atoms with E-state index in [1.54, 1.807) is 33.0 Å². The van der Waals surface area contributed by atoms with Gasteiger partial charge in [-0.3, -0.25) is 0 Å². The van der Waals surface area contributed by atoms with Crippen LogP contribution in [0.2, 0.25) is 12.1 Å². The minimum absolute atomic E-state index is 0.0816. The molecular formula is C70H82F2N2O6S4Si. The van der Waals surface area contributed by atoms with Gasteiger partial charge in [0.2, 0.25) is 0 Å². The minimum Gasteiger partial charge on any atom is -0.438 e. The molecule has 10 rings (SSSR count). The monoisotopic (exact) mass is 1240 g/mol. The fourth-order valence-electron chi connectivity index (χ4n) is 13.4. The first-order chi connectivity index (χ1) is 41.4. The number of benzene rings is 4. The van der Waals surface area contributed by atoms with E-state index in [1.165, 1.54) is 116 Å². The van der Waals surface area contributed by atoms with Gasteiger partial charge in [0.15, 0.2) is 0 Å². The van der Waals surface area contributed by atoms with Crippen molar-refractivity contribution >= 4 is 119 Å². The normalized spacial score (nSPS) is 14.6. The fraction of sp³-hybridized carbons (Fsp3) is 0.457. The summed E-state index contributed by atoms with van der Waals surface area (Å²) in [7, 11) is -1.02. The third-order valence-electron chi connectivity index (χ3n) is 17.8. The molecule has 2 unspecified atom stereocenters. The number of nitrogens with zero attached hydrogens (tertiary/aromatic N) is 2.